The molecule has 1 aromatic heterocycles. The van der Waals surface area contributed by atoms with E-state index in [1.54, 1.807) is 0 Å². The lowest BCUT2D eigenvalue weighted by Gasteiger charge is -2.27. The van der Waals surface area contributed by atoms with Crippen molar-refractivity contribution in [3.63, 3.8) is 0 Å². The van der Waals surface area contributed by atoms with Gasteiger partial charge in [-0.25, -0.2) is 4.98 Å². The van der Waals surface area contributed by atoms with E-state index < -0.39 is 0 Å². The lowest BCUT2D eigenvalue weighted by molar-refractivity contribution is 0.288. The summed E-state index contributed by atoms with van der Waals surface area (Å²) in [5.41, 5.74) is 1.17. The van der Waals surface area contributed by atoms with Gasteiger partial charge in [0.05, 0.1) is 0 Å². The van der Waals surface area contributed by atoms with Gasteiger partial charge in [0.15, 0.2) is 0 Å². The Hall–Kier alpha value is -1.09. The highest BCUT2D eigenvalue weighted by atomic mass is 16.3. The van der Waals surface area contributed by atoms with Crippen LogP contribution in [0.4, 0.5) is 5.82 Å². The molecule has 1 rings (SSSR count). The van der Waals surface area contributed by atoms with Gasteiger partial charge in [-0.1, -0.05) is 6.07 Å². The molecule has 0 saturated heterocycles. The maximum absolute atomic E-state index is 8.84. The van der Waals surface area contributed by atoms with Gasteiger partial charge in [0, 0.05) is 25.4 Å². The molecular weight excluding hydrogens is 188 g/mol. The Morgan fingerprint density at radius 3 is 2.60 bits per heavy atom. The van der Waals surface area contributed by atoms with Gasteiger partial charge in [0.2, 0.25) is 0 Å². The highest BCUT2D eigenvalue weighted by molar-refractivity contribution is 5.39. The number of hydrogen-bond donors (Lipinski definition) is 1. The molecule has 1 N–H and O–H groups in total. The van der Waals surface area contributed by atoms with Gasteiger partial charge in [-0.15, -0.1) is 0 Å². The highest BCUT2D eigenvalue weighted by Crippen LogP contribution is 2.14. The van der Waals surface area contributed by atoms with E-state index in [9.17, 15) is 0 Å². The molecule has 0 fully saturated rings. The van der Waals surface area contributed by atoms with E-state index in [-0.39, 0.29) is 6.61 Å². The van der Waals surface area contributed by atoms with Crippen LogP contribution in [-0.4, -0.2) is 29.3 Å². The van der Waals surface area contributed by atoms with Gasteiger partial charge in [-0.3, -0.25) is 0 Å². The van der Waals surface area contributed by atoms with E-state index in [0.717, 1.165) is 18.8 Å². The van der Waals surface area contributed by atoms with Crippen molar-refractivity contribution in [2.24, 2.45) is 0 Å². The smallest absolute Gasteiger partial charge is 0.128 e. The number of hydrogen-bond acceptors (Lipinski definition) is 3. The second kappa shape index (κ2) is 5.71. The summed E-state index contributed by atoms with van der Waals surface area (Å²) in [6.07, 6.45) is 2.66. The molecule has 84 valence electrons. The number of aliphatic hydroxyl groups is 1. The van der Waals surface area contributed by atoms with Crippen LogP contribution < -0.4 is 4.90 Å². The van der Waals surface area contributed by atoms with Gasteiger partial charge in [-0.05, 0) is 38.8 Å². The summed E-state index contributed by atoms with van der Waals surface area (Å²) in [5.74, 6) is 0.990. The summed E-state index contributed by atoms with van der Waals surface area (Å²) in [6, 6.07) is 4.51. The molecule has 1 heterocycles. The third-order valence-electron chi connectivity index (χ3n) is 2.37. The molecule has 0 amide bonds. The minimum absolute atomic E-state index is 0.231. The monoisotopic (exact) mass is 208 g/mol. The Balaban J connectivity index is 2.74. The average Bonchev–Trinajstić information content (AvgIpc) is 2.21. The zero-order valence-corrected chi connectivity index (χ0v) is 9.77. The molecular formula is C12H20N2O. The van der Waals surface area contributed by atoms with Gasteiger partial charge in [0.25, 0.3) is 0 Å². The summed E-state index contributed by atoms with van der Waals surface area (Å²) >= 11 is 0. The van der Waals surface area contributed by atoms with Crippen molar-refractivity contribution < 1.29 is 5.11 Å². The number of anilines is 1. The van der Waals surface area contributed by atoms with Gasteiger partial charge in [-0.2, -0.15) is 0 Å². The Morgan fingerprint density at radius 2 is 2.13 bits per heavy atom. The normalized spacial score (nSPS) is 10.7. The summed E-state index contributed by atoms with van der Waals surface area (Å²) in [4.78, 5) is 6.60. The zero-order valence-electron chi connectivity index (χ0n) is 9.77. The molecule has 15 heavy (non-hydrogen) atoms. The van der Waals surface area contributed by atoms with Crippen LogP contribution in [0.5, 0.6) is 0 Å². The van der Waals surface area contributed by atoms with Crippen LogP contribution in [0.1, 0.15) is 25.8 Å². The van der Waals surface area contributed by atoms with Gasteiger partial charge >= 0.3 is 0 Å². The van der Waals surface area contributed by atoms with Gasteiger partial charge < -0.3 is 10.0 Å². The minimum atomic E-state index is 0.231. The molecule has 0 aliphatic rings. The number of rotatable bonds is 5. The Bertz CT molecular complexity index is 282. The van der Waals surface area contributed by atoms with Crippen molar-refractivity contribution in [1.29, 1.82) is 0 Å². The fourth-order valence-electron chi connectivity index (χ4n) is 1.51. The van der Waals surface area contributed by atoms with Crippen LogP contribution in [0.15, 0.2) is 18.3 Å². The zero-order chi connectivity index (χ0) is 11.3. The maximum atomic E-state index is 8.84. The molecule has 1 aromatic rings. The summed E-state index contributed by atoms with van der Waals surface area (Å²) < 4.78 is 0. The van der Waals surface area contributed by atoms with Crippen molar-refractivity contribution in [3.05, 3.63) is 23.9 Å². The van der Waals surface area contributed by atoms with Crippen molar-refractivity contribution >= 4 is 5.82 Å². The predicted molar refractivity (Wildman–Crippen MR) is 63.2 cm³/mol. The number of nitrogens with zero attached hydrogens (tertiary/aromatic N) is 2. The second-order valence-electron chi connectivity index (χ2n) is 4.06. The van der Waals surface area contributed by atoms with Crippen LogP contribution in [0.25, 0.3) is 0 Å². The molecule has 0 unspecified atom stereocenters. The number of aliphatic hydroxyl groups excluding tert-OH is 1. The van der Waals surface area contributed by atoms with Crippen LogP contribution in [-0.2, 0) is 0 Å². The molecule has 0 radical (unpaired) electrons. The van der Waals surface area contributed by atoms with E-state index in [1.165, 1.54) is 5.56 Å². The highest BCUT2D eigenvalue weighted by Gasteiger charge is 2.10. The molecule has 3 nitrogen and oxygen atoms in total. The molecule has 0 atom stereocenters. The maximum Gasteiger partial charge on any atom is 0.128 e. The largest absolute Gasteiger partial charge is 0.396 e. The quantitative estimate of drug-likeness (QED) is 0.804. The van der Waals surface area contributed by atoms with E-state index in [4.69, 9.17) is 5.11 Å². The fraction of sp³-hybridized carbons (Fsp3) is 0.583. The van der Waals surface area contributed by atoms with Crippen molar-refractivity contribution in [1.82, 2.24) is 4.98 Å². The van der Waals surface area contributed by atoms with E-state index in [1.807, 2.05) is 19.2 Å². The van der Waals surface area contributed by atoms with Crippen molar-refractivity contribution in [2.75, 3.05) is 18.1 Å². The second-order valence-corrected chi connectivity index (χ2v) is 4.06. The van der Waals surface area contributed by atoms with Crippen LogP contribution in [0, 0.1) is 6.92 Å². The van der Waals surface area contributed by atoms with Crippen molar-refractivity contribution in [2.45, 2.75) is 33.2 Å². The first-order valence-electron chi connectivity index (χ1n) is 5.45. The van der Waals surface area contributed by atoms with E-state index in [0.29, 0.717) is 6.04 Å². The topological polar surface area (TPSA) is 36.4 Å². The van der Waals surface area contributed by atoms with Crippen LogP contribution >= 0.6 is 0 Å². The fourth-order valence-corrected chi connectivity index (χ4v) is 1.51. The predicted octanol–water partition coefficient (Wildman–Crippen LogP) is 1.99. The first-order valence-corrected chi connectivity index (χ1v) is 5.45. The molecule has 0 aliphatic carbocycles. The Kier molecular flexibility index (Phi) is 4.56. The van der Waals surface area contributed by atoms with E-state index >= 15 is 0 Å². The minimum Gasteiger partial charge on any atom is -0.396 e. The first kappa shape index (κ1) is 12.0. The number of aryl methyl sites for hydroxylation is 1. The molecule has 0 aromatic carbocycles. The molecule has 0 saturated carbocycles. The lowest BCUT2D eigenvalue weighted by Crippen LogP contribution is -2.32. The number of aromatic nitrogens is 1. The molecule has 0 bridgehead atoms. The van der Waals surface area contributed by atoms with Crippen LogP contribution in [0.2, 0.25) is 0 Å². The third kappa shape index (κ3) is 3.51. The Morgan fingerprint density at radius 1 is 1.40 bits per heavy atom. The standard InChI is InChI=1S/C12H20N2O/c1-10(2)14(7-4-8-15)12-6-5-11(3)9-13-12/h5-6,9-10,15H,4,7-8H2,1-3H3. The SMILES string of the molecule is Cc1ccc(N(CCCO)C(C)C)nc1. The number of pyridine rings is 1. The summed E-state index contributed by atoms with van der Waals surface area (Å²) in [5, 5.41) is 8.84. The van der Waals surface area contributed by atoms with E-state index in [2.05, 4.69) is 29.8 Å². The van der Waals surface area contributed by atoms with Crippen LogP contribution in [0.3, 0.4) is 0 Å². The summed E-state index contributed by atoms with van der Waals surface area (Å²) in [6.45, 7) is 7.39. The molecule has 3 heteroatoms. The first-order chi connectivity index (χ1) is 7.15. The van der Waals surface area contributed by atoms with Gasteiger partial charge in [0.1, 0.15) is 5.82 Å². The average molecular weight is 208 g/mol. The van der Waals surface area contributed by atoms with Crippen molar-refractivity contribution in [3.8, 4) is 0 Å². The summed E-state index contributed by atoms with van der Waals surface area (Å²) in [7, 11) is 0. The molecule has 0 aliphatic heterocycles. The Labute approximate surface area is 91.8 Å². The lowest BCUT2D eigenvalue weighted by atomic mass is 10.2. The molecule has 0 spiro atoms. The third-order valence-corrected chi connectivity index (χ3v) is 2.37.